The number of ketones is 1. The van der Waals surface area contributed by atoms with Crippen molar-refractivity contribution in [1.82, 2.24) is 9.88 Å². The van der Waals surface area contributed by atoms with Crippen LogP contribution in [0.3, 0.4) is 0 Å². The molecule has 2 rings (SSSR count). The van der Waals surface area contributed by atoms with Crippen LogP contribution in [-0.4, -0.2) is 61.1 Å². The quantitative estimate of drug-likeness (QED) is 0.777. The molecule has 1 saturated carbocycles. The van der Waals surface area contributed by atoms with Crippen LogP contribution in [0.25, 0.3) is 0 Å². The Morgan fingerprint density at radius 3 is 2.55 bits per heavy atom. The predicted molar refractivity (Wildman–Crippen MR) is 88.3 cm³/mol. The monoisotopic (exact) mass is 305 g/mol. The van der Waals surface area contributed by atoms with Crippen LogP contribution in [0, 0.1) is 11.8 Å². The fraction of sp³-hybridized carbons (Fsp3) is 0.647. The van der Waals surface area contributed by atoms with Crippen LogP contribution in [0.2, 0.25) is 0 Å². The van der Waals surface area contributed by atoms with Gasteiger partial charge in [-0.15, -0.1) is 0 Å². The normalized spacial score (nSPS) is 24.2. The first-order valence-electron chi connectivity index (χ1n) is 7.91. The van der Waals surface area contributed by atoms with E-state index >= 15 is 0 Å². The summed E-state index contributed by atoms with van der Waals surface area (Å²) in [5, 5.41) is 9.52. The molecule has 0 radical (unpaired) electrons. The summed E-state index contributed by atoms with van der Waals surface area (Å²) in [6.07, 6.45) is 2.69. The fourth-order valence-electron chi connectivity index (χ4n) is 2.72. The number of hydrogen-bond donors (Lipinski definition) is 1. The molecule has 122 valence electrons. The number of aliphatic hydroxyl groups is 1. The second-order valence-corrected chi connectivity index (χ2v) is 6.68. The summed E-state index contributed by atoms with van der Waals surface area (Å²) < 4.78 is 0. The lowest BCUT2D eigenvalue weighted by Crippen LogP contribution is -2.40. The highest BCUT2D eigenvalue weighted by atomic mass is 16.3. The van der Waals surface area contributed by atoms with Crippen LogP contribution < -0.4 is 4.90 Å². The molecule has 0 aromatic carbocycles. The highest BCUT2D eigenvalue weighted by Gasteiger charge is 2.37. The molecule has 0 amide bonds. The third kappa shape index (κ3) is 4.05. The molecule has 0 spiro atoms. The van der Waals surface area contributed by atoms with E-state index in [0.29, 0.717) is 17.9 Å². The number of anilines is 1. The van der Waals surface area contributed by atoms with Gasteiger partial charge in [-0.1, -0.05) is 6.92 Å². The van der Waals surface area contributed by atoms with E-state index in [0.717, 1.165) is 25.3 Å². The van der Waals surface area contributed by atoms with E-state index < -0.39 is 0 Å². The Morgan fingerprint density at radius 1 is 1.32 bits per heavy atom. The minimum Gasteiger partial charge on any atom is -0.393 e. The van der Waals surface area contributed by atoms with Crippen LogP contribution in [0.4, 0.5) is 5.82 Å². The average Bonchev–Trinajstić information content (AvgIpc) is 2.51. The molecular formula is C17H27N3O2. The lowest BCUT2D eigenvalue weighted by Gasteiger charge is -2.39. The molecular weight excluding hydrogens is 278 g/mol. The van der Waals surface area contributed by atoms with Crippen molar-refractivity contribution >= 4 is 11.6 Å². The lowest BCUT2D eigenvalue weighted by molar-refractivity contribution is -0.0234. The van der Waals surface area contributed by atoms with Crippen molar-refractivity contribution in [2.24, 2.45) is 11.8 Å². The second-order valence-electron chi connectivity index (χ2n) is 6.68. The van der Waals surface area contributed by atoms with Crippen molar-refractivity contribution < 1.29 is 9.90 Å². The van der Waals surface area contributed by atoms with Crippen LogP contribution in [0.1, 0.15) is 30.1 Å². The molecule has 1 heterocycles. The molecule has 0 bridgehead atoms. The summed E-state index contributed by atoms with van der Waals surface area (Å²) in [5.74, 6) is 1.54. The van der Waals surface area contributed by atoms with E-state index in [1.165, 1.54) is 0 Å². The van der Waals surface area contributed by atoms with Gasteiger partial charge >= 0.3 is 0 Å². The Kier molecular flexibility index (Phi) is 5.53. The molecule has 1 N–H and O–H groups in total. The minimum absolute atomic E-state index is 0.124. The Balaban J connectivity index is 1.89. The van der Waals surface area contributed by atoms with Crippen molar-refractivity contribution in [2.45, 2.75) is 25.9 Å². The van der Waals surface area contributed by atoms with Crippen molar-refractivity contribution in [3.63, 3.8) is 0 Å². The van der Waals surface area contributed by atoms with Gasteiger partial charge in [0.1, 0.15) is 5.82 Å². The molecule has 3 atom stereocenters. The Bertz CT molecular complexity index is 501. The largest absolute Gasteiger partial charge is 0.393 e. The SMILES string of the molecule is CC1C(O)C[C@@H]1CC(=O)c1ccc(N(C)CCN(C)C)nc1. The minimum atomic E-state index is -0.233. The highest BCUT2D eigenvalue weighted by molar-refractivity contribution is 5.96. The van der Waals surface area contributed by atoms with E-state index in [-0.39, 0.29) is 17.8 Å². The highest BCUT2D eigenvalue weighted by Crippen LogP contribution is 2.37. The van der Waals surface area contributed by atoms with Crippen LogP contribution in [-0.2, 0) is 0 Å². The Labute approximate surface area is 132 Å². The maximum atomic E-state index is 12.3. The number of Topliss-reactive ketones (excluding diaryl/α,β-unsaturated/α-hetero) is 1. The zero-order valence-corrected chi connectivity index (χ0v) is 14.0. The Hall–Kier alpha value is -1.46. The van der Waals surface area contributed by atoms with Gasteiger partial charge in [0.05, 0.1) is 6.10 Å². The molecule has 5 heteroatoms. The van der Waals surface area contributed by atoms with Gasteiger partial charge in [-0.05, 0) is 44.5 Å². The molecule has 0 saturated heterocycles. The lowest BCUT2D eigenvalue weighted by atomic mass is 9.69. The number of nitrogens with zero attached hydrogens (tertiary/aromatic N) is 3. The molecule has 0 aliphatic heterocycles. The first-order chi connectivity index (χ1) is 10.4. The van der Waals surface area contributed by atoms with Gasteiger partial charge in [0.15, 0.2) is 5.78 Å². The van der Waals surface area contributed by atoms with E-state index in [1.54, 1.807) is 6.20 Å². The van der Waals surface area contributed by atoms with Gasteiger partial charge in [-0.3, -0.25) is 4.79 Å². The van der Waals surface area contributed by atoms with Crippen LogP contribution >= 0.6 is 0 Å². The van der Waals surface area contributed by atoms with Crippen molar-refractivity contribution in [3.8, 4) is 0 Å². The molecule has 1 aromatic heterocycles. The van der Waals surface area contributed by atoms with E-state index in [9.17, 15) is 9.90 Å². The van der Waals surface area contributed by atoms with E-state index in [4.69, 9.17) is 0 Å². The number of carbonyl (C=O) groups excluding carboxylic acids is 1. The second kappa shape index (κ2) is 7.20. The van der Waals surface area contributed by atoms with Gasteiger partial charge in [-0.2, -0.15) is 0 Å². The molecule has 2 unspecified atom stereocenters. The van der Waals surface area contributed by atoms with Crippen molar-refractivity contribution in [3.05, 3.63) is 23.9 Å². The molecule has 22 heavy (non-hydrogen) atoms. The molecule has 1 aromatic rings. The summed E-state index contributed by atoms with van der Waals surface area (Å²) >= 11 is 0. The maximum Gasteiger partial charge on any atom is 0.164 e. The van der Waals surface area contributed by atoms with Gasteiger partial charge in [-0.25, -0.2) is 4.98 Å². The predicted octanol–water partition coefficient (Wildman–Crippen LogP) is 1.67. The van der Waals surface area contributed by atoms with Gasteiger partial charge < -0.3 is 14.9 Å². The summed E-state index contributed by atoms with van der Waals surface area (Å²) in [5.41, 5.74) is 0.665. The number of hydrogen-bond acceptors (Lipinski definition) is 5. The summed E-state index contributed by atoms with van der Waals surface area (Å²) in [6.45, 7) is 3.86. The molecule has 1 fully saturated rings. The first-order valence-corrected chi connectivity index (χ1v) is 7.91. The van der Waals surface area contributed by atoms with Gasteiger partial charge in [0.25, 0.3) is 0 Å². The topological polar surface area (TPSA) is 56.7 Å². The number of aliphatic hydroxyl groups excluding tert-OH is 1. The number of carbonyl (C=O) groups is 1. The molecule has 5 nitrogen and oxygen atoms in total. The Morgan fingerprint density at radius 2 is 2.05 bits per heavy atom. The van der Waals surface area contributed by atoms with E-state index in [1.807, 2.05) is 40.2 Å². The van der Waals surface area contributed by atoms with Crippen LogP contribution in [0.5, 0.6) is 0 Å². The summed E-state index contributed by atoms with van der Waals surface area (Å²) in [4.78, 5) is 20.9. The first kappa shape index (κ1) is 16.9. The summed E-state index contributed by atoms with van der Waals surface area (Å²) in [7, 11) is 6.09. The van der Waals surface area contributed by atoms with Crippen LogP contribution in [0.15, 0.2) is 18.3 Å². The summed E-state index contributed by atoms with van der Waals surface area (Å²) in [6, 6.07) is 3.76. The van der Waals surface area contributed by atoms with Gasteiger partial charge in [0.2, 0.25) is 0 Å². The fourth-order valence-corrected chi connectivity index (χ4v) is 2.72. The smallest absolute Gasteiger partial charge is 0.164 e. The average molecular weight is 305 g/mol. The maximum absolute atomic E-state index is 12.3. The molecule has 1 aliphatic rings. The third-order valence-corrected chi connectivity index (χ3v) is 4.69. The number of rotatable bonds is 7. The number of likely N-dealkylation sites (N-methyl/N-ethyl adjacent to an activating group) is 2. The standard InChI is InChI=1S/C17H27N3O2/c1-12-14(9-15(12)21)10-16(22)13-5-6-17(18-11-13)20(4)8-7-19(2)3/h5-6,11-12,14-15,21H,7-10H2,1-4H3/t12?,14-,15?/m1/s1. The zero-order valence-electron chi connectivity index (χ0n) is 14.0. The van der Waals surface area contributed by atoms with E-state index in [2.05, 4.69) is 14.8 Å². The number of pyridine rings is 1. The third-order valence-electron chi connectivity index (χ3n) is 4.69. The molecule has 1 aliphatic carbocycles. The van der Waals surface area contributed by atoms with Crippen molar-refractivity contribution in [2.75, 3.05) is 39.1 Å². The number of aromatic nitrogens is 1. The van der Waals surface area contributed by atoms with Crippen molar-refractivity contribution in [1.29, 1.82) is 0 Å². The van der Waals surface area contributed by atoms with Gasteiger partial charge in [0, 0.05) is 38.3 Å². The zero-order chi connectivity index (χ0) is 16.3.